The van der Waals surface area contributed by atoms with Gasteiger partial charge in [-0.25, -0.2) is 9.78 Å². The van der Waals surface area contributed by atoms with Gasteiger partial charge in [0.15, 0.2) is 6.61 Å². The van der Waals surface area contributed by atoms with Gasteiger partial charge in [-0.1, -0.05) is 19.9 Å². The Hall–Kier alpha value is -2.68. The molecule has 0 fully saturated rings. The number of thiophene rings is 1. The summed E-state index contributed by atoms with van der Waals surface area (Å²) in [6, 6.07) is 3.13. The molecule has 0 saturated carbocycles. The van der Waals surface area contributed by atoms with Crippen LogP contribution in [0.1, 0.15) is 25.3 Å². The Kier molecular flexibility index (Phi) is 6.90. The number of imide groups is 1. The van der Waals surface area contributed by atoms with Crippen LogP contribution in [0.3, 0.4) is 0 Å². The summed E-state index contributed by atoms with van der Waals surface area (Å²) >= 11 is 1.48. The number of hydrogen-bond donors (Lipinski definition) is 2. The number of aryl methyl sites for hydroxylation is 1. The number of carbonyl (C=O) groups is 3. The molecule has 26 heavy (non-hydrogen) atoms. The molecule has 140 valence electrons. The Morgan fingerprint density at radius 3 is 2.77 bits per heavy atom. The maximum absolute atomic E-state index is 11.9. The Bertz CT molecular complexity index is 767. The molecule has 3 amide bonds. The van der Waals surface area contributed by atoms with Gasteiger partial charge in [-0.3, -0.25) is 14.9 Å². The predicted octanol–water partition coefficient (Wildman–Crippen LogP) is 2.28. The van der Waals surface area contributed by atoms with Crippen molar-refractivity contribution < 1.29 is 23.5 Å². The molecule has 9 heteroatoms. The number of ether oxygens (including phenoxy) is 1. The minimum Gasteiger partial charge on any atom is -0.455 e. The highest BCUT2D eigenvalue weighted by Gasteiger charge is 2.17. The van der Waals surface area contributed by atoms with Crippen LogP contribution in [0.25, 0.3) is 10.8 Å². The first-order valence-corrected chi connectivity index (χ1v) is 8.96. The smallest absolute Gasteiger partial charge is 0.321 e. The molecule has 0 saturated heterocycles. The van der Waals surface area contributed by atoms with Crippen molar-refractivity contribution in [3.8, 4) is 10.8 Å². The SMILES string of the molecule is Cc1oc(-c2cccs2)nc1CC(=O)OCC(=O)NC(=O)NCC(C)C. The van der Waals surface area contributed by atoms with E-state index in [9.17, 15) is 14.4 Å². The normalized spacial score (nSPS) is 10.6. The lowest BCUT2D eigenvalue weighted by molar-refractivity contribution is -0.147. The second kappa shape index (κ2) is 9.14. The summed E-state index contributed by atoms with van der Waals surface area (Å²) in [5.41, 5.74) is 0.452. The van der Waals surface area contributed by atoms with Crippen molar-refractivity contribution >= 4 is 29.2 Å². The Labute approximate surface area is 154 Å². The molecule has 0 bridgehead atoms. The minimum atomic E-state index is -0.698. The molecule has 0 atom stereocenters. The van der Waals surface area contributed by atoms with E-state index in [2.05, 4.69) is 15.6 Å². The van der Waals surface area contributed by atoms with Crippen molar-refractivity contribution in [2.45, 2.75) is 27.2 Å². The molecule has 2 heterocycles. The van der Waals surface area contributed by atoms with Gasteiger partial charge in [-0.05, 0) is 24.3 Å². The van der Waals surface area contributed by atoms with E-state index >= 15 is 0 Å². The number of esters is 1. The van der Waals surface area contributed by atoms with Crippen LogP contribution < -0.4 is 10.6 Å². The maximum atomic E-state index is 11.9. The summed E-state index contributed by atoms with van der Waals surface area (Å²) in [6.07, 6.45) is -0.118. The molecule has 0 aliphatic heterocycles. The van der Waals surface area contributed by atoms with E-state index in [1.54, 1.807) is 6.92 Å². The van der Waals surface area contributed by atoms with Gasteiger partial charge in [0.1, 0.15) is 5.76 Å². The third kappa shape index (κ3) is 5.99. The summed E-state index contributed by atoms with van der Waals surface area (Å²) in [5, 5.41) is 6.52. The fourth-order valence-electron chi connectivity index (χ4n) is 1.94. The fourth-order valence-corrected chi connectivity index (χ4v) is 2.58. The summed E-state index contributed by atoms with van der Waals surface area (Å²) in [7, 11) is 0. The van der Waals surface area contributed by atoms with E-state index < -0.39 is 24.5 Å². The van der Waals surface area contributed by atoms with E-state index in [0.717, 1.165) is 4.88 Å². The zero-order valence-electron chi connectivity index (χ0n) is 14.8. The molecule has 2 N–H and O–H groups in total. The number of carbonyl (C=O) groups excluding carboxylic acids is 3. The summed E-state index contributed by atoms with van der Waals surface area (Å²) in [6.45, 7) is 5.47. The second-order valence-electron chi connectivity index (χ2n) is 5.99. The molecule has 0 aromatic carbocycles. The molecule has 2 aromatic rings. The number of nitrogens with zero attached hydrogens (tertiary/aromatic N) is 1. The highest BCUT2D eigenvalue weighted by molar-refractivity contribution is 7.13. The highest BCUT2D eigenvalue weighted by Crippen LogP contribution is 2.26. The van der Waals surface area contributed by atoms with Crippen LogP contribution in [0.2, 0.25) is 0 Å². The van der Waals surface area contributed by atoms with Gasteiger partial charge < -0.3 is 14.5 Å². The molecule has 0 unspecified atom stereocenters. The lowest BCUT2D eigenvalue weighted by Gasteiger charge is -2.08. The van der Waals surface area contributed by atoms with Crippen molar-refractivity contribution in [1.82, 2.24) is 15.6 Å². The van der Waals surface area contributed by atoms with Crippen molar-refractivity contribution in [3.05, 3.63) is 29.0 Å². The Morgan fingerprint density at radius 2 is 2.12 bits per heavy atom. The molecule has 2 aromatic heterocycles. The Morgan fingerprint density at radius 1 is 1.35 bits per heavy atom. The van der Waals surface area contributed by atoms with Crippen molar-refractivity contribution in [2.75, 3.05) is 13.2 Å². The molecule has 0 aliphatic rings. The summed E-state index contributed by atoms with van der Waals surface area (Å²) in [5.74, 6) is -0.103. The standard InChI is InChI=1S/C17H21N3O5S/c1-10(2)8-18-17(23)20-14(21)9-24-15(22)7-12-11(3)25-16(19-12)13-5-4-6-26-13/h4-6,10H,7-9H2,1-3H3,(H2,18,20,21,23). The molecule has 0 spiro atoms. The van der Waals surface area contributed by atoms with Crippen LogP contribution in [-0.4, -0.2) is 36.0 Å². The Balaban J connectivity index is 1.78. The number of aromatic nitrogens is 1. The van der Waals surface area contributed by atoms with Gasteiger partial charge >= 0.3 is 12.0 Å². The number of amides is 3. The van der Waals surface area contributed by atoms with Gasteiger partial charge in [0.25, 0.3) is 5.91 Å². The maximum Gasteiger partial charge on any atom is 0.321 e. The first-order chi connectivity index (χ1) is 12.3. The van der Waals surface area contributed by atoms with Crippen LogP contribution >= 0.6 is 11.3 Å². The van der Waals surface area contributed by atoms with Crippen LogP contribution in [0.5, 0.6) is 0 Å². The van der Waals surface area contributed by atoms with E-state index in [-0.39, 0.29) is 12.3 Å². The molecule has 2 rings (SSSR count). The van der Waals surface area contributed by atoms with Crippen LogP contribution in [0, 0.1) is 12.8 Å². The number of nitrogens with one attached hydrogen (secondary N) is 2. The molecule has 8 nitrogen and oxygen atoms in total. The number of oxazole rings is 1. The predicted molar refractivity (Wildman–Crippen MR) is 95.6 cm³/mol. The van der Waals surface area contributed by atoms with Crippen molar-refractivity contribution in [3.63, 3.8) is 0 Å². The van der Waals surface area contributed by atoms with Crippen molar-refractivity contribution in [1.29, 1.82) is 0 Å². The van der Waals surface area contributed by atoms with Crippen LogP contribution in [0.15, 0.2) is 21.9 Å². The molecular weight excluding hydrogens is 358 g/mol. The van der Waals surface area contributed by atoms with Crippen molar-refractivity contribution in [2.24, 2.45) is 5.92 Å². The first kappa shape index (κ1) is 19.6. The number of rotatable bonds is 7. The zero-order chi connectivity index (χ0) is 19.1. The van der Waals surface area contributed by atoms with Crippen LogP contribution in [0.4, 0.5) is 4.79 Å². The first-order valence-electron chi connectivity index (χ1n) is 8.08. The largest absolute Gasteiger partial charge is 0.455 e. The quantitative estimate of drug-likeness (QED) is 0.714. The molecule has 0 radical (unpaired) electrons. The fraction of sp³-hybridized carbons (Fsp3) is 0.412. The zero-order valence-corrected chi connectivity index (χ0v) is 15.6. The van der Waals surface area contributed by atoms with Gasteiger partial charge in [0.05, 0.1) is 17.0 Å². The van der Waals surface area contributed by atoms with Gasteiger partial charge in [-0.15, -0.1) is 11.3 Å². The third-order valence-corrected chi connectivity index (χ3v) is 4.08. The van der Waals surface area contributed by atoms with Crippen LogP contribution in [-0.2, 0) is 20.7 Å². The topological polar surface area (TPSA) is 111 Å². The lowest BCUT2D eigenvalue weighted by Crippen LogP contribution is -2.42. The summed E-state index contributed by atoms with van der Waals surface area (Å²) < 4.78 is 10.4. The number of hydrogen-bond acceptors (Lipinski definition) is 7. The lowest BCUT2D eigenvalue weighted by atomic mass is 10.2. The minimum absolute atomic E-state index is 0.118. The number of urea groups is 1. The van der Waals surface area contributed by atoms with E-state index in [1.165, 1.54) is 11.3 Å². The van der Waals surface area contributed by atoms with Gasteiger partial charge in [-0.2, -0.15) is 0 Å². The van der Waals surface area contributed by atoms with Gasteiger partial charge in [0, 0.05) is 6.54 Å². The third-order valence-electron chi connectivity index (χ3n) is 3.22. The van der Waals surface area contributed by atoms with E-state index in [1.807, 2.05) is 31.4 Å². The summed E-state index contributed by atoms with van der Waals surface area (Å²) in [4.78, 5) is 40.1. The monoisotopic (exact) mass is 379 g/mol. The van der Waals surface area contributed by atoms with E-state index in [0.29, 0.717) is 23.9 Å². The highest BCUT2D eigenvalue weighted by atomic mass is 32.1. The average molecular weight is 379 g/mol. The van der Waals surface area contributed by atoms with Gasteiger partial charge in [0.2, 0.25) is 5.89 Å². The average Bonchev–Trinajstić information content (AvgIpc) is 3.21. The molecular formula is C17H21N3O5S. The van der Waals surface area contributed by atoms with E-state index in [4.69, 9.17) is 9.15 Å². The molecule has 0 aliphatic carbocycles. The second-order valence-corrected chi connectivity index (χ2v) is 6.94.